The fourth-order valence-corrected chi connectivity index (χ4v) is 2.78. The van der Waals surface area contributed by atoms with Gasteiger partial charge in [-0.2, -0.15) is 0 Å². The quantitative estimate of drug-likeness (QED) is 0.911. The maximum Gasteiger partial charge on any atom is 0.131 e. The number of benzene rings is 2. The lowest BCUT2D eigenvalue weighted by molar-refractivity contribution is 0.242. The molecule has 2 nitrogen and oxygen atoms in total. The van der Waals surface area contributed by atoms with E-state index in [9.17, 15) is 0 Å². The highest BCUT2D eigenvalue weighted by molar-refractivity contribution is 6.35. The molecule has 1 heterocycles. The van der Waals surface area contributed by atoms with Crippen molar-refractivity contribution < 1.29 is 4.74 Å². The van der Waals surface area contributed by atoms with Crippen molar-refractivity contribution in [2.45, 2.75) is 12.5 Å². The number of hydrogen-bond donors (Lipinski definition) is 1. The molecular formula is C15H13Cl2NO. The van der Waals surface area contributed by atoms with Crippen LogP contribution in [0.25, 0.3) is 11.1 Å². The van der Waals surface area contributed by atoms with Crippen molar-refractivity contribution in [3.8, 4) is 16.9 Å². The molecule has 0 unspecified atom stereocenters. The Hall–Kier alpha value is -1.22. The second-order valence-corrected chi connectivity index (χ2v) is 5.44. The van der Waals surface area contributed by atoms with Crippen LogP contribution in [0.3, 0.4) is 0 Å². The smallest absolute Gasteiger partial charge is 0.131 e. The lowest BCUT2D eigenvalue weighted by atomic mass is 10.0. The molecule has 0 spiro atoms. The van der Waals surface area contributed by atoms with E-state index in [1.54, 1.807) is 12.1 Å². The van der Waals surface area contributed by atoms with Crippen LogP contribution in [0.5, 0.6) is 5.75 Å². The number of rotatable bonds is 2. The van der Waals surface area contributed by atoms with Gasteiger partial charge in [0.15, 0.2) is 0 Å². The molecule has 0 saturated heterocycles. The molecule has 3 rings (SSSR count). The molecule has 1 aliphatic rings. The Labute approximate surface area is 122 Å². The maximum atomic E-state index is 6.26. The molecule has 2 N–H and O–H groups in total. The van der Waals surface area contributed by atoms with Crippen LogP contribution in [-0.2, 0) is 6.42 Å². The van der Waals surface area contributed by atoms with Gasteiger partial charge in [-0.15, -0.1) is 0 Å². The second kappa shape index (κ2) is 5.04. The summed E-state index contributed by atoms with van der Waals surface area (Å²) >= 11 is 12.3. The third kappa shape index (κ3) is 2.32. The van der Waals surface area contributed by atoms with Gasteiger partial charge in [0.05, 0.1) is 0 Å². The van der Waals surface area contributed by atoms with Crippen molar-refractivity contribution in [3.63, 3.8) is 0 Å². The lowest BCUT2D eigenvalue weighted by Crippen LogP contribution is -2.24. The molecule has 2 aromatic carbocycles. The van der Waals surface area contributed by atoms with Crippen molar-refractivity contribution in [2.75, 3.05) is 6.54 Å². The first-order chi connectivity index (χ1) is 9.19. The average Bonchev–Trinajstić information content (AvgIpc) is 2.84. The zero-order chi connectivity index (χ0) is 13.4. The summed E-state index contributed by atoms with van der Waals surface area (Å²) in [5, 5.41) is 1.32. The van der Waals surface area contributed by atoms with E-state index in [0.717, 1.165) is 23.3 Å². The second-order valence-electron chi connectivity index (χ2n) is 4.60. The number of nitrogens with two attached hydrogens (primary N) is 1. The summed E-state index contributed by atoms with van der Waals surface area (Å²) in [5.74, 6) is 0.877. The molecule has 0 amide bonds. The molecule has 1 atom stereocenters. The first kappa shape index (κ1) is 12.8. The molecule has 0 saturated carbocycles. The van der Waals surface area contributed by atoms with E-state index in [1.807, 2.05) is 18.2 Å². The fourth-order valence-electron chi connectivity index (χ4n) is 2.39. The Balaban J connectivity index is 2.13. The van der Waals surface area contributed by atoms with Gasteiger partial charge in [-0.05, 0) is 23.8 Å². The van der Waals surface area contributed by atoms with E-state index in [1.165, 1.54) is 5.56 Å². The number of hydrogen-bond acceptors (Lipinski definition) is 2. The van der Waals surface area contributed by atoms with Gasteiger partial charge in [0.2, 0.25) is 0 Å². The van der Waals surface area contributed by atoms with Gasteiger partial charge in [-0.3, -0.25) is 0 Å². The highest BCUT2D eigenvalue weighted by Gasteiger charge is 2.25. The van der Waals surface area contributed by atoms with E-state index in [-0.39, 0.29) is 6.10 Å². The van der Waals surface area contributed by atoms with Crippen LogP contribution >= 0.6 is 23.2 Å². The van der Waals surface area contributed by atoms with Gasteiger partial charge in [0.25, 0.3) is 0 Å². The van der Waals surface area contributed by atoms with Crippen LogP contribution in [0.1, 0.15) is 5.56 Å². The van der Waals surface area contributed by atoms with Crippen molar-refractivity contribution in [1.29, 1.82) is 0 Å². The minimum absolute atomic E-state index is 0.0501. The molecule has 0 bridgehead atoms. The summed E-state index contributed by atoms with van der Waals surface area (Å²) in [5.41, 5.74) is 8.72. The number of halogens is 2. The largest absolute Gasteiger partial charge is 0.488 e. The van der Waals surface area contributed by atoms with Gasteiger partial charge in [-0.25, -0.2) is 0 Å². The van der Waals surface area contributed by atoms with E-state index >= 15 is 0 Å². The van der Waals surface area contributed by atoms with Crippen molar-refractivity contribution in [1.82, 2.24) is 0 Å². The Morgan fingerprint density at radius 3 is 2.79 bits per heavy atom. The highest BCUT2D eigenvalue weighted by atomic mass is 35.5. The molecule has 4 heteroatoms. The molecular weight excluding hydrogens is 281 g/mol. The Kier molecular flexibility index (Phi) is 3.40. The zero-order valence-corrected chi connectivity index (χ0v) is 11.7. The van der Waals surface area contributed by atoms with E-state index in [0.29, 0.717) is 16.6 Å². The predicted molar refractivity (Wildman–Crippen MR) is 79.1 cm³/mol. The summed E-state index contributed by atoms with van der Waals surface area (Å²) in [6.45, 7) is 0.511. The molecule has 98 valence electrons. The van der Waals surface area contributed by atoms with Crippen molar-refractivity contribution in [3.05, 3.63) is 52.0 Å². The molecule has 0 aromatic heterocycles. The normalized spacial score (nSPS) is 17.1. The summed E-state index contributed by atoms with van der Waals surface area (Å²) in [6.07, 6.45) is 0.895. The highest BCUT2D eigenvalue weighted by Crippen LogP contribution is 2.41. The minimum atomic E-state index is 0.0501. The molecule has 1 aliphatic heterocycles. The van der Waals surface area contributed by atoms with E-state index < -0.39 is 0 Å². The molecule has 0 radical (unpaired) electrons. The van der Waals surface area contributed by atoms with Gasteiger partial charge in [-0.1, -0.05) is 41.4 Å². The van der Waals surface area contributed by atoms with Gasteiger partial charge < -0.3 is 10.5 Å². The summed E-state index contributed by atoms with van der Waals surface area (Å²) < 4.78 is 5.91. The zero-order valence-electron chi connectivity index (χ0n) is 10.2. The van der Waals surface area contributed by atoms with Crippen LogP contribution in [0.4, 0.5) is 0 Å². The molecule has 0 fully saturated rings. The fraction of sp³-hybridized carbons (Fsp3) is 0.200. The number of ether oxygens (including phenoxy) is 1. The molecule has 2 aromatic rings. The van der Waals surface area contributed by atoms with Crippen LogP contribution in [0.15, 0.2) is 36.4 Å². The average molecular weight is 294 g/mol. The predicted octanol–water partition coefficient (Wildman–Crippen LogP) is 3.92. The van der Waals surface area contributed by atoms with Crippen LogP contribution in [0.2, 0.25) is 10.0 Å². The van der Waals surface area contributed by atoms with Crippen LogP contribution < -0.4 is 10.5 Å². The summed E-state index contributed by atoms with van der Waals surface area (Å²) in [7, 11) is 0. The molecule has 19 heavy (non-hydrogen) atoms. The van der Waals surface area contributed by atoms with Crippen LogP contribution in [0, 0.1) is 0 Å². The Morgan fingerprint density at radius 2 is 2.00 bits per heavy atom. The topological polar surface area (TPSA) is 35.2 Å². The number of para-hydroxylation sites is 1. The van der Waals surface area contributed by atoms with Gasteiger partial charge >= 0.3 is 0 Å². The monoisotopic (exact) mass is 293 g/mol. The van der Waals surface area contributed by atoms with Crippen molar-refractivity contribution >= 4 is 23.2 Å². The number of fused-ring (bicyclic) bond motifs is 1. The molecule has 0 aliphatic carbocycles. The van der Waals surface area contributed by atoms with E-state index in [4.69, 9.17) is 33.7 Å². The first-order valence-corrected chi connectivity index (χ1v) is 6.88. The van der Waals surface area contributed by atoms with E-state index in [2.05, 4.69) is 6.07 Å². The van der Waals surface area contributed by atoms with Gasteiger partial charge in [0, 0.05) is 34.1 Å². The third-order valence-electron chi connectivity index (χ3n) is 3.31. The maximum absolute atomic E-state index is 6.26. The van der Waals surface area contributed by atoms with Crippen molar-refractivity contribution in [2.24, 2.45) is 5.73 Å². The Bertz CT molecular complexity index is 628. The Morgan fingerprint density at radius 1 is 1.16 bits per heavy atom. The minimum Gasteiger partial charge on any atom is -0.488 e. The standard InChI is InChI=1S/C15H13Cl2NO/c16-10-4-5-14(17)13(7-10)12-3-1-2-9-6-11(8-18)19-15(9)12/h1-5,7,11H,6,8,18H2/t11-/m1/s1. The summed E-state index contributed by atoms with van der Waals surface area (Å²) in [4.78, 5) is 0. The first-order valence-electron chi connectivity index (χ1n) is 6.13. The third-order valence-corrected chi connectivity index (χ3v) is 3.87. The lowest BCUT2D eigenvalue weighted by Gasteiger charge is -2.12. The van der Waals surface area contributed by atoms with Crippen LogP contribution in [-0.4, -0.2) is 12.6 Å². The summed E-state index contributed by atoms with van der Waals surface area (Å²) in [6, 6.07) is 11.5. The SMILES string of the molecule is NC[C@H]1Cc2cccc(-c3cc(Cl)ccc3Cl)c2O1. The van der Waals surface area contributed by atoms with Gasteiger partial charge in [0.1, 0.15) is 11.9 Å².